The SMILES string of the molecule is COCCOCCOc1ccc(C(C)O)cc1Cl. The zero-order valence-electron chi connectivity index (χ0n) is 10.7. The van der Waals surface area contributed by atoms with Crippen molar-refractivity contribution < 1.29 is 19.3 Å². The first-order chi connectivity index (χ1) is 8.65. The number of rotatable bonds is 8. The van der Waals surface area contributed by atoms with Gasteiger partial charge in [-0.3, -0.25) is 0 Å². The van der Waals surface area contributed by atoms with Gasteiger partial charge in [0, 0.05) is 7.11 Å². The lowest BCUT2D eigenvalue weighted by atomic mass is 10.1. The van der Waals surface area contributed by atoms with E-state index in [9.17, 15) is 5.11 Å². The summed E-state index contributed by atoms with van der Waals surface area (Å²) in [5, 5.41) is 9.90. The molecule has 5 heteroatoms. The second-order valence-electron chi connectivity index (χ2n) is 3.82. The number of aliphatic hydroxyl groups is 1. The number of methoxy groups -OCH3 is 1. The van der Waals surface area contributed by atoms with Gasteiger partial charge in [-0.15, -0.1) is 0 Å². The minimum Gasteiger partial charge on any atom is -0.490 e. The Bertz CT molecular complexity index is 355. The average molecular weight is 275 g/mol. The quantitative estimate of drug-likeness (QED) is 0.740. The van der Waals surface area contributed by atoms with Crippen LogP contribution in [0, 0.1) is 0 Å². The summed E-state index contributed by atoms with van der Waals surface area (Å²) >= 11 is 6.04. The fraction of sp³-hybridized carbons (Fsp3) is 0.538. The van der Waals surface area contributed by atoms with Crippen LogP contribution in [-0.2, 0) is 9.47 Å². The molecule has 1 atom stereocenters. The molecule has 1 aromatic rings. The van der Waals surface area contributed by atoms with Crippen LogP contribution in [0.15, 0.2) is 18.2 Å². The second kappa shape index (κ2) is 8.32. The Labute approximate surface area is 112 Å². The van der Waals surface area contributed by atoms with Crippen molar-refractivity contribution in [3.63, 3.8) is 0 Å². The van der Waals surface area contributed by atoms with Crippen molar-refractivity contribution in [2.45, 2.75) is 13.0 Å². The minimum absolute atomic E-state index is 0.428. The van der Waals surface area contributed by atoms with E-state index in [0.29, 0.717) is 37.2 Å². The Morgan fingerprint density at radius 1 is 1.22 bits per heavy atom. The van der Waals surface area contributed by atoms with Gasteiger partial charge in [-0.1, -0.05) is 17.7 Å². The van der Waals surface area contributed by atoms with Crippen LogP contribution in [-0.4, -0.2) is 38.6 Å². The summed E-state index contributed by atoms with van der Waals surface area (Å²) in [4.78, 5) is 0. The van der Waals surface area contributed by atoms with E-state index in [-0.39, 0.29) is 0 Å². The Morgan fingerprint density at radius 3 is 2.56 bits per heavy atom. The van der Waals surface area contributed by atoms with Crippen molar-refractivity contribution in [2.24, 2.45) is 0 Å². The van der Waals surface area contributed by atoms with Crippen LogP contribution in [0.5, 0.6) is 5.75 Å². The maximum absolute atomic E-state index is 9.40. The normalized spacial score (nSPS) is 12.4. The molecule has 1 aromatic carbocycles. The summed E-state index contributed by atoms with van der Waals surface area (Å²) in [7, 11) is 1.63. The molecule has 0 saturated carbocycles. The molecule has 0 aliphatic heterocycles. The molecule has 102 valence electrons. The van der Waals surface area contributed by atoms with Gasteiger partial charge in [-0.05, 0) is 24.6 Å². The molecule has 1 rings (SSSR count). The fourth-order valence-corrected chi connectivity index (χ4v) is 1.59. The molecular weight excluding hydrogens is 256 g/mol. The molecule has 0 radical (unpaired) electrons. The maximum atomic E-state index is 9.40. The highest BCUT2D eigenvalue weighted by molar-refractivity contribution is 6.32. The Morgan fingerprint density at radius 2 is 1.94 bits per heavy atom. The lowest BCUT2D eigenvalue weighted by Gasteiger charge is -2.11. The number of hydrogen-bond acceptors (Lipinski definition) is 4. The van der Waals surface area contributed by atoms with Gasteiger partial charge < -0.3 is 19.3 Å². The molecule has 1 unspecified atom stereocenters. The van der Waals surface area contributed by atoms with Crippen LogP contribution in [0.25, 0.3) is 0 Å². The first kappa shape index (κ1) is 15.2. The van der Waals surface area contributed by atoms with Gasteiger partial charge in [-0.2, -0.15) is 0 Å². The summed E-state index contributed by atoms with van der Waals surface area (Å²) < 4.78 is 15.6. The van der Waals surface area contributed by atoms with Crippen molar-refractivity contribution in [3.05, 3.63) is 28.8 Å². The summed E-state index contributed by atoms with van der Waals surface area (Å²) in [5.41, 5.74) is 0.767. The molecule has 0 aliphatic carbocycles. The molecule has 18 heavy (non-hydrogen) atoms. The van der Waals surface area contributed by atoms with Crippen molar-refractivity contribution >= 4 is 11.6 Å². The Hall–Kier alpha value is -0.810. The average Bonchev–Trinajstić information content (AvgIpc) is 2.35. The second-order valence-corrected chi connectivity index (χ2v) is 4.23. The van der Waals surface area contributed by atoms with Gasteiger partial charge >= 0.3 is 0 Å². The van der Waals surface area contributed by atoms with Gasteiger partial charge in [0.2, 0.25) is 0 Å². The maximum Gasteiger partial charge on any atom is 0.138 e. The molecule has 0 saturated heterocycles. The van der Waals surface area contributed by atoms with Crippen molar-refractivity contribution in [1.82, 2.24) is 0 Å². The van der Waals surface area contributed by atoms with Crippen LogP contribution in [0.3, 0.4) is 0 Å². The van der Waals surface area contributed by atoms with E-state index in [1.54, 1.807) is 32.2 Å². The van der Waals surface area contributed by atoms with Crippen molar-refractivity contribution in [2.75, 3.05) is 33.5 Å². The van der Waals surface area contributed by atoms with E-state index in [4.69, 9.17) is 25.8 Å². The molecule has 0 aromatic heterocycles. The summed E-state index contributed by atoms with van der Waals surface area (Å²) in [5.74, 6) is 0.594. The largest absolute Gasteiger partial charge is 0.490 e. The van der Waals surface area contributed by atoms with E-state index in [2.05, 4.69) is 0 Å². The van der Waals surface area contributed by atoms with Crippen LogP contribution in [0.1, 0.15) is 18.6 Å². The predicted octanol–water partition coefficient (Wildman–Crippen LogP) is 2.44. The van der Waals surface area contributed by atoms with Gasteiger partial charge in [-0.25, -0.2) is 0 Å². The summed E-state index contributed by atoms with van der Waals surface area (Å²) in [6.07, 6.45) is -0.533. The number of hydrogen-bond donors (Lipinski definition) is 1. The first-order valence-corrected chi connectivity index (χ1v) is 6.20. The lowest BCUT2D eigenvalue weighted by molar-refractivity contribution is 0.0544. The Balaban J connectivity index is 2.34. The molecule has 0 spiro atoms. The minimum atomic E-state index is -0.533. The third-order valence-corrected chi connectivity index (χ3v) is 2.65. The lowest BCUT2D eigenvalue weighted by Crippen LogP contribution is -2.10. The topological polar surface area (TPSA) is 47.9 Å². The number of aliphatic hydroxyl groups excluding tert-OH is 1. The highest BCUT2D eigenvalue weighted by Gasteiger charge is 2.06. The number of halogens is 1. The van der Waals surface area contributed by atoms with Crippen molar-refractivity contribution in [1.29, 1.82) is 0 Å². The van der Waals surface area contributed by atoms with Crippen molar-refractivity contribution in [3.8, 4) is 5.75 Å². The molecule has 0 bridgehead atoms. The molecular formula is C13H19ClO4. The predicted molar refractivity (Wildman–Crippen MR) is 70.3 cm³/mol. The zero-order chi connectivity index (χ0) is 13.4. The smallest absolute Gasteiger partial charge is 0.138 e. The van der Waals surface area contributed by atoms with E-state index in [1.807, 2.05) is 0 Å². The third kappa shape index (κ3) is 5.23. The van der Waals surface area contributed by atoms with E-state index < -0.39 is 6.10 Å². The van der Waals surface area contributed by atoms with Gasteiger partial charge in [0.15, 0.2) is 0 Å². The fourth-order valence-electron chi connectivity index (χ4n) is 1.35. The van der Waals surface area contributed by atoms with Crippen LogP contribution >= 0.6 is 11.6 Å². The van der Waals surface area contributed by atoms with Gasteiger partial charge in [0.05, 0.1) is 30.9 Å². The monoisotopic (exact) mass is 274 g/mol. The molecule has 0 fully saturated rings. The highest BCUT2D eigenvalue weighted by Crippen LogP contribution is 2.27. The number of benzene rings is 1. The van der Waals surface area contributed by atoms with Crippen LogP contribution < -0.4 is 4.74 Å². The third-order valence-electron chi connectivity index (χ3n) is 2.36. The van der Waals surface area contributed by atoms with E-state index in [1.165, 1.54) is 0 Å². The molecule has 1 N–H and O–H groups in total. The van der Waals surface area contributed by atoms with Crippen LogP contribution in [0.2, 0.25) is 5.02 Å². The van der Waals surface area contributed by atoms with Gasteiger partial charge in [0.1, 0.15) is 12.4 Å². The number of ether oxygens (including phenoxy) is 3. The summed E-state index contributed by atoms with van der Waals surface area (Å²) in [6.45, 7) is 3.73. The summed E-state index contributed by atoms with van der Waals surface area (Å²) in [6, 6.07) is 5.24. The molecule has 0 aliphatic rings. The molecule has 4 nitrogen and oxygen atoms in total. The zero-order valence-corrected chi connectivity index (χ0v) is 11.4. The standard InChI is InChI=1S/C13H19ClO4/c1-10(15)11-3-4-13(12(14)9-11)18-8-7-17-6-5-16-2/h3-4,9-10,15H,5-8H2,1-2H3. The molecule has 0 amide bonds. The van der Waals surface area contributed by atoms with Gasteiger partial charge in [0.25, 0.3) is 0 Å². The first-order valence-electron chi connectivity index (χ1n) is 5.82. The van der Waals surface area contributed by atoms with Crippen LogP contribution in [0.4, 0.5) is 0 Å². The van der Waals surface area contributed by atoms with E-state index >= 15 is 0 Å². The Kier molecular flexibility index (Phi) is 7.05. The van der Waals surface area contributed by atoms with E-state index in [0.717, 1.165) is 5.56 Å². The molecule has 0 heterocycles. The highest BCUT2D eigenvalue weighted by atomic mass is 35.5.